The van der Waals surface area contributed by atoms with Gasteiger partial charge in [-0.2, -0.15) is 0 Å². The first-order valence-electron chi connectivity index (χ1n) is 12.9. The maximum atomic E-state index is 14.0. The zero-order valence-corrected chi connectivity index (χ0v) is 23.5. The van der Waals surface area contributed by atoms with Crippen molar-refractivity contribution in [2.24, 2.45) is 5.92 Å². The summed E-state index contributed by atoms with van der Waals surface area (Å²) in [4.78, 5) is 41.8. The Kier molecular flexibility index (Phi) is 11.7. The highest BCUT2D eigenvalue weighted by Crippen LogP contribution is 2.28. The highest BCUT2D eigenvalue weighted by atomic mass is 16.6. The number of carbonyl (C=O) groups excluding carboxylic acids is 3. The first-order chi connectivity index (χ1) is 16.3. The predicted octanol–water partition coefficient (Wildman–Crippen LogP) is 5.44. The molecule has 2 N–H and O–H groups in total. The minimum Gasteiger partial charge on any atom is -0.444 e. The van der Waals surface area contributed by atoms with Crippen LogP contribution in [0.25, 0.3) is 0 Å². The van der Waals surface area contributed by atoms with Crippen LogP contribution in [0.4, 0.5) is 4.79 Å². The normalized spacial score (nSPS) is 14.9. The summed E-state index contributed by atoms with van der Waals surface area (Å²) in [5.74, 6) is -0.655. The van der Waals surface area contributed by atoms with Crippen LogP contribution in [0.2, 0.25) is 0 Å². The molecule has 0 aliphatic carbocycles. The summed E-state index contributed by atoms with van der Waals surface area (Å²) in [6.45, 7) is 19.4. The van der Waals surface area contributed by atoms with Gasteiger partial charge in [0.25, 0.3) is 0 Å². The molecule has 7 nitrogen and oxygen atoms in total. The number of likely N-dealkylation sites (N-methyl/N-ethyl adjacent to an activating group) is 1. The zero-order valence-electron chi connectivity index (χ0n) is 23.5. The van der Waals surface area contributed by atoms with Gasteiger partial charge in [-0.15, -0.1) is 0 Å². The van der Waals surface area contributed by atoms with Crippen LogP contribution in [-0.2, 0) is 14.3 Å². The second-order valence-electron chi connectivity index (χ2n) is 10.5. The van der Waals surface area contributed by atoms with Gasteiger partial charge in [-0.1, -0.05) is 51.8 Å². The molecule has 0 bridgehead atoms. The quantitative estimate of drug-likeness (QED) is 0.433. The number of hydrogen-bond acceptors (Lipinski definition) is 4. The molecule has 1 rings (SSSR count). The summed E-state index contributed by atoms with van der Waals surface area (Å²) in [7, 11) is 0. The predicted molar refractivity (Wildman–Crippen MR) is 141 cm³/mol. The van der Waals surface area contributed by atoms with Gasteiger partial charge in [0.05, 0.1) is 0 Å². The van der Waals surface area contributed by atoms with Gasteiger partial charge in [-0.05, 0) is 77.5 Å². The Bertz CT molecular complexity index is 862. The minimum absolute atomic E-state index is 0.0147. The molecule has 0 radical (unpaired) electrons. The molecule has 35 heavy (non-hydrogen) atoms. The molecule has 7 heteroatoms. The van der Waals surface area contributed by atoms with Gasteiger partial charge < -0.3 is 20.3 Å². The van der Waals surface area contributed by atoms with Crippen molar-refractivity contribution in [1.82, 2.24) is 15.5 Å². The molecule has 0 saturated heterocycles. The van der Waals surface area contributed by atoms with Crippen molar-refractivity contribution in [3.63, 3.8) is 0 Å². The fraction of sp³-hybridized carbons (Fsp3) is 0.679. The fourth-order valence-electron chi connectivity index (χ4n) is 4.11. The number of aryl methyl sites for hydroxylation is 1. The van der Waals surface area contributed by atoms with Crippen LogP contribution in [-0.4, -0.2) is 47.0 Å². The van der Waals surface area contributed by atoms with Gasteiger partial charge in [-0.3, -0.25) is 9.59 Å². The van der Waals surface area contributed by atoms with Gasteiger partial charge in [0.1, 0.15) is 17.7 Å². The summed E-state index contributed by atoms with van der Waals surface area (Å²) in [5, 5.41) is 5.89. The van der Waals surface area contributed by atoms with Crippen LogP contribution in [0.3, 0.4) is 0 Å². The number of benzene rings is 1. The van der Waals surface area contributed by atoms with Crippen LogP contribution >= 0.6 is 0 Å². The van der Waals surface area contributed by atoms with Gasteiger partial charge in [0.15, 0.2) is 0 Å². The Hall–Kier alpha value is -2.57. The molecule has 0 aliphatic rings. The number of amides is 3. The van der Waals surface area contributed by atoms with E-state index in [1.165, 1.54) is 0 Å². The van der Waals surface area contributed by atoms with Crippen molar-refractivity contribution in [3.8, 4) is 0 Å². The Morgan fingerprint density at radius 2 is 1.66 bits per heavy atom. The lowest BCUT2D eigenvalue weighted by Gasteiger charge is -2.36. The van der Waals surface area contributed by atoms with Crippen LogP contribution < -0.4 is 10.6 Å². The Labute approximate surface area is 212 Å². The van der Waals surface area contributed by atoms with E-state index in [2.05, 4.69) is 17.6 Å². The smallest absolute Gasteiger partial charge is 0.408 e. The number of nitrogens with zero attached hydrogens (tertiary/aromatic N) is 1. The number of alkyl carbamates (subject to hydrolysis) is 1. The van der Waals surface area contributed by atoms with E-state index >= 15 is 0 Å². The van der Waals surface area contributed by atoms with Crippen LogP contribution in [0, 0.1) is 19.8 Å². The third kappa shape index (κ3) is 8.86. The molecular formula is C28H47N3O4. The maximum Gasteiger partial charge on any atom is 0.408 e. The fourth-order valence-corrected chi connectivity index (χ4v) is 4.11. The van der Waals surface area contributed by atoms with E-state index in [4.69, 9.17) is 4.74 Å². The number of nitrogens with one attached hydrogen (secondary N) is 2. The average molecular weight is 490 g/mol. The van der Waals surface area contributed by atoms with Crippen molar-refractivity contribution in [3.05, 3.63) is 34.9 Å². The molecule has 0 heterocycles. The number of hydrogen-bond donors (Lipinski definition) is 2. The molecule has 0 aromatic heterocycles. The lowest BCUT2D eigenvalue weighted by molar-refractivity contribution is -0.143. The molecule has 1 aromatic rings. The third-order valence-electron chi connectivity index (χ3n) is 6.39. The molecule has 0 saturated carbocycles. The van der Waals surface area contributed by atoms with Crippen molar-refractivity contribution >= 4 is 17.9 Å². The monoisotopic (exact) mass is 489 g/mol. The highest BCUT2D eigenvalue weighted by molar-refractivity contribution is 5.92. The van der Waals surface area contributed by atoms with Crippen LogP contribution in [0.15, 0.2) is 18.2 Å². The summed E-state index contributed by atoms with van der Waals surface area (Å²) >= 11 is 0. The van der Waals surface area contributed by atoms with Gasteiger partial charge in [-0.25, -0.2) is 4.79 Å². The molecule has 0 spiro atoms. The molecular weight excluding hydrogens is 442 g/mol. The molecule has 198 valence electrons. The highest BCUT2D eigenvalue weighted by Gasteiger charge is 2.38. The summed E-state index contributed by atoms with van der Waals surface area (Å²) < 4.78 is 5.43. The van der Waals surface area contributed by atoms with Gasteiger partial charge in [0.2, 0.25) is 11.8 Å². The lowest BCUT2D eigenvalue weighted by atomic mass is 9.93. The van der Waals surface area contributed by atoms with E-state index in [0.29, 0.717) is 13.0 Å². The van der Waals surface area contributed by atoms with Crippen molar-refractivity contribution in [2.45, 2.75) is 112 Å². The Morgan fingerprint density at radius 3 is 2.17 bits per heavy atom. The van der Waals surface area contributed by atoms with E-state index < -0.39 is 23.8 Å². The Morgan fingerprint density at radius 1 is 1.03 bits per heavy atom. The molecule has 0 aliphatic heterocycles. The lowest BCUT2D eigenvalue weighted by Crippen LogP contribution is -2.55. The molecule has 1 aromatic carbocycles. The van der Waals surface area contributed by atoms with E-state index in [1.54, 1.807) is 25.7 Å². The van der Waals surface area contributed by atoms with Crippen LogP contribution in [0.5, 0.6) is 0 Å². The number of carbonyl (C=O) groups is 3. The largest absolute Gasteiger partial charge is 0.444 e. The van der Waals surface area contributed by atoms with Crippen LogP contribution in [0.1, 0.15) is 97.4 Å². The molecule has 3 amide bonds. The SMILES string of the molecule is CCCC(C)NC(=O)C(c1cccc(C)c1C)N(CC)C(=O)C(NC(=O)OC(C)(C)C)C(C)CC. The van der Waals surface area contributed by atoms with E-state index in [9.17, 15) is 14.4 Å². The summed E-state index contributed by atoms with van der Waals surface area (Å²) in [5.41, 5.74) is 2.13. The standard InChI is InChI=1S/C28H47N3O4/c1-11-15-20(6)29-25(32)24(22-17-14-16-19(5)21(22)7)31(13-3)26(33)23(18(4)12-2)30-27(34)35-28(8,9)10/h14,16-18,20,23-24H,11-13,15H2,1-10H3,(H,29,32)(H,30,34). The topological polar surface area (TPSA) is 87.7 Å². The second kappa shape index (κ2) is 13.5. The molecule has 0 fully saturated rings. The van der Waals surface area contributed by atoms with Crippen molar-refractivity contribution < 1.29 is 19.1 Å². The average Bonchev–Trinajstić information content (AvgIpc) is 2.75. The van der Waals surface area contributed by atoms with Gasteiger partial charge in [0, 0.05) is 12.6 Å². The number of ether oxygens (including phenoxy) is 1. The summed E-state index contributed by atoms with van der Waals surface area (Å²) in [6, 6.07) is 4.18. The van der Waals surface area contributed by atoms with E-state index in [1.807, 2.05) is 59.7 Å². The van der Waals surface area contributed by atoms with Crippen molar-refractivity contribution in [1.29, 1.82) is 0 Å². The molecule has 4 unspecified atom stereocenters. The zero-order chi connectivity index (χ0) is 26.9. The maximum absolute atomic E-state index is 14.0. The van der Waals surface area contributed by atoms with E-state index in [0.717, 1.165) is 29.5 Å². The summed E-state index contributed by atoms with van der Waals surface area (Å²) in [6.07, 6.45) is 1.83. The third-order valence-corrected chi connectivity index (χ3v) is 6.39. The minimum atomic E-state index is -0.816. The first kappa shape index (κ1) is 30.5. The molecule has 4 atom stereocenters. The first-order valence-corrected chi connectivity index (χ1v) is 12.9. The Balaban J connectivity index is 3.47. The van der Waals surface area contributed by atoms with E-state index in [-0.39, 0.29) is 23.8 Å². The van der Waals surface area contributed by atoms with Crippen molar-refractivity contribution in [2.75, 3.05) is 6.54 Å². The second-order valence-corrected chi connectivity index (χ2v) is 10.5. The van der Waals surface area contributed by atoms with Gasteiger partial charge >= 0.3 is 6.09 Å². The number of rotatable bonds is 11.